The van der Waals surface area contributed by atoms with E-state index in [2.05, 4.69) is 10.3 Å². The Morgan fingerprint density at radius 3 is 2.83 bits per heavy atom. The third-order valence-corrected chi connectivity index (χ3v) is 6.82. The molecule has 1 aromatic carbocycles. The zero-order chi connectivity index (χ0) is 21.0. The number of aryl methyl sites for hydroxylation is 2. The van der Waals surface area contributed by atoms with Crippen LogP contribution in [0.25, 0.3) is 5.13 Å². The van der Waals surface area contributed by atoms with Gasteiger partial charge in [0.15, 0.2) is 10.9 Å². The molecule has 3 heterocycles. The standard InChI is InChI=1S/C22H20N4O3S/c1-13-11-16(14(2)26(13)21-23-9-10-30-21)18(27)12-25-19(28)22(24-20(25)29)8-7-15-5-3-4-6-17(15)22/h3-6,9-11H,7-8,12H2,1-2H3,(H,24,29)/t22-/m1/s1. The molecule has 7 nitrogen and oxygen atoms in total. The molecule has 0 saturated carbocycles. The number of amides is 3. The van der Waals surface area contributed by atoms with Crippen LogP contribution in [-0.2, 0) is 16.8 Å². The van der Waals surface area contributed by atoms with E-state index in [0.29, 0.717) is 12.0 Å². The van der Waals surface area contributed by atoms with Crippen molar-refractivity contribution in [2.75, 3.05) is 6.54 Å². The van der Waals surface area contributed by atoms with Gasteiger partial charge in [-0.15, -0.1) is 11.3 Å². The summed E-state index contributed by atoms with van der Waals surface area (Å²) in [7, 11) is 0. The van der Waals surface area contributed by atoms with E-state index in [4.69, 9.17) is 0 Å². The molecular formula is C22H20N4O3S. The molecule has 1 aliphatic heterocycles. The molecule has 0 radical (unpaired) electrons. The highest BCUT2D eigenvalue weighted by Gasteiger charge is 2.55. The molecule has 1 saturated heterocycles. The highest BCUT2D eigenvalue weighted by atomic mass is 32.1. The van der Waals surface area contributed by atoms with Gasteiger partial charge in [-0.25, -0.2) is 9.78 Å². The second-order valence-corrected chi connectivity index (χ2v) is 8.62. The van der Waals surface area contributed by atoms with E-state index in [-0.39, 0.29) is 18.2 Å². The number of hydrogen-bond acceptors (Lipinski definition) is 5. The largest absolute Gasteiger partial charge is 0.325 e. The summed E-state index contributed by atoms with van der Waals surface area (Å²) in [4.78, 5) is 44.5. The van der Waals surface area contributed by atoms with Crippen molar-refractivity contribution < 1.29 is 14.4 Å². The maximum Gasteiger partial charge on any atom is 0.325 e. The first-order valence-corrected chi connectivity index (χ1v) is 10.6. The third kappa shape index (κ3) is 2.56. The van der Waals surface area contributed by atoms with E-state index in [1.165, 1.54) is 11.3 Å². The molecular weight excluding hydrogens is 400 g/mol. The van der Waals surface area contributed by atoms with Crippen molar-refractivity contribution >= 4 is 29.1 Å². The van der Waals surface area contributed by atoms with Gasteiger partial charge >= 0.3 is 6.03 Å². The lowest BCUT2D eigenvalue weighted by Gasteiger charge is -2.22. The molecule has 1 atom stereocenters. The molecule has 2 aromatic heterocycles. The number of urea groups is 1. The van der Waals surface area contributed by atoms with Crippen molar-refractivity contribution in [3.8, 4) is 5.13 Å². The van der Waals surface area contributed by atoms with Crippen LogP contribution in [0, 0.1) is 13.8 Å². The summed E-state index contributed by atoms with van der Waals surface area (Å²) < 4.78 is 1.92. The third-order valence-electron chi connectivity index (χ3n) is 6.07. The van der Waals surface area contributed by atoms with Gasteiger partial charge in [-0.05, 0) is 43.9 Å². The molecule has 3 aromatic rings. The van der Waals surface area contributed by atoms with E-state index in [1.807, 2.05) is 48.1 Å². The van der Waals surface area contributed by atoms with Crippen molar-refractivity contribution in [1.29, 1.82) is 0 Å². The SMILES string of the molecule is Cc1cc(C(=O)CN2C(=O)N[C@@]3(CCc4ccccc43)C2=O)c(C)n1-c1nccs1. The van der Waals surface area contributed by atoms with E-state index in [1.54, 1.807) is 12.3 Å². The Labute approximate surface area is 177 Å². The van der Waals surface area contributed by atoms with E-state index < -0.39 is 11.6 Å². The van der Waals surface area contributed by atoms with Gasteiger partial charge in [-0.3, -0.25) is 19.1 Å². The van der Waals surface area contributed by atoms with Gasteiger partial charge < -0.3 is 5.32 Å². The van der Waals surface area contributed by atoms with Crippen LogP contribution in [0.15, 0.2) is 41.9 Å². The lowest BCUT2D eigenvalue weighted by molar-refractivity contribution is -0.131. The first-order valence-electron chi connectivity index (χ1n) is 9.77. The number of aromatic nitrogens is 2. The number of nitrogens with one attached hydrogen (secondary N) is 1. The Morgan fingerprint density at radius 1 is 1.27 bits per heavy atom. The van der Waals surface area contributed by atoms with Crippen molar-refractivity contribution in [1.82, 2.24) is 19.8 Å². The number of hydrogen-bond donors (Lipinski definition) is 1. The fraction of sp³-hybridized carbons (Fsp3) is 0.273. The van der Waals surface area contributed by atoms with Crippen LogP contribution in [0.4, 0.5) is 4.79 Å². The number of fused-ring (bicyclic) bond motifs is 2. The minimum absolute atomic E-state index is 0.266. The number of benzene rings is 1. The molecule has 30 heavy (non-hydrogen) atoms. The number of nitrogens with zero attached hydrogens (tertiary/aromatic N) is 3. The first-order chi connectivity index (χ1) is 14.4. The van der Waals surface area contributed by atoms with Gasteiger partial charge in [0.1, 0.15) is 5.54 Å². The van der Waals surface area contributed by atoms with Crippen molar-refractivity contribution in [2.24, 2.45) is 0 Å². The summed E-state index contributed by atoms with van der Waals surface area (Å²) in [6.45, 7) is 3.47. The monoisotopic (exact) mass is 420 g/mol. The highest BCUT2D eigenvalue weighted by Crippen LogP contribution is 2.41. The minimum Gasteiger partial charge on any atom is -0.319 e. The van der Waals surface area contributed by atoms with Gasteiger partial charge in [0.2, 0.25) is 0 Å². The second-order valence-electron chi connectivity index (χ2n) is 7.74. The van der Waals surface area contributed by atoms with E-state index >= 15 is 0 Å². The van der Waals surface area contributed by atoms with Crippen LogP contribution in [0.1, 0.15) is 39.3 Å². The number of Topliss-reactive ketones (excluding diaryl/α,β-unsaturated/α-hetero) is 1. The molecule has 1 aliphatic carbocycles. The molecule has 2 aliphatic rings. The topological polar surface area (TPSA) is 84.3 Å². The number of thiazole rings is 1. The summed E-state index contributed by atoms with van der Waals surface area (Å²) in [5.41, 5.74) is 2.97. The average Bonchev–Trinajstić information content (AvgIpc) is 3.48. The maximum atomic E-state index is 13.3. The van der Waals surface area contributed by atoms with Crippen molar-refractivity contribution in [2.45, 2.75) is 32.2 Å². The fourth-order valence-electron chi connectivity index (χ4n) is 4.63. The molecule has 1 fully saturated rings. The van der Waals surface area contributed by atoms with Crippen LogP contribution in [0.3, 0.4) is 0 Å². The van der Waals surface area contributed by atoms with E-state index in [0.717, 1.165) is 39.0 Å². The minimum atomic E-state index is -1.05. The summed E-state index contributed by atoms with van der Waals surface area (Å²) in [6, 6.07) is 8.93. The van der Waals surface area contributed by atoms with Crippen LogP contribution in [-0.4, -0.2) is 38.7 Å². The summed E-state index contributed by atoms with van der Waals surface area (Å²) in [5, 5.41) is 5.52. The van der Waals surface area contributed by atoms with Gasteiger partial charge in [-0.2, -0.15) is 0 Å². The van der Waals surface area contributed by atoms with Crippen molar-refractivity contribution in [3.63, 3.8) is 0 Å². The fourth-order valence-corrected chi connectivity index (χ4v) is 5.38. The molecule has 5 rings (SSSR count). The Hall–Kier alpha value is -3.26. The van der Waals surface area contributed by atoms with Gasteiger partial charge in [0.05, 0.1) is 6.54 Å². The lowest BCUT2D eigenvalue weighted by Crippen LogP contribution is -2.42. The quantitative estimate of drug-likeness (QED) is 0.519. The van der Waals surface area contributed by atoms with E-state index in [9.17, 15) is 14.4 Å². The van der Waals surface area contributed by atoms with Crippen LogP contribution in [0.2, 0.25) is 0 Å². The number of carbonyl (C=O) groups excluding carboxylic acids is 3. The molecule has 1 N–H and O–H groups in total. The Kier molecular flexibility index (Phi) is 4.14. The zero-order valence-electron chi connectivity index (χ0n) is 16.6. The average molecular weight is 420 g/mol. The van der Waals surface area contributed by atoms with Gasteiger partial charge in [0.25, 0.3) is 5.91 Å². The summed E-state index contributed by atoms with van der Waals surface area (Å²) >= 11 is 1.48. The van der Waals surface area contributed by atoms with Crippen LogP contribution < -0.4 is 5.32 Å². The molecule has 0 unspecified atom stereocenters. The van der Waals surface area contributed by atoms with Gasteiger partial charge in [0, 0.05) is 28.5 Å². The lowest BCUT2D eigenvalue weighted by atomic mass is 9.92. The number of ketones is 1. The number of rotatable bonds is 4. The van der Waals surface area contributed by atoms with Crippen LogP contribution >= 0.6 is 11.3 Å². The first kappa shape index (κ1) is 18.7. The van der Waals surface area contributed by atoms with Crippen LogP contribution in [0.5, 0.6) is 0 Å². The van der Waals surface area contributed by atoms with Crippen molar-refractivity contribution in [3.05, 3.63) is 70.0 Å². The summed E-state index contributed by atoms with van der Waals surface area (Å²) in [6.07, 6.45) is 2.95. The normalized spacial score (nSPS) is 20.1. The summed E-state index contributed by atoms with van der Waals surface area (Å²) in [5.74, 6) is -0.614. The molecule has 8 heteroatoms. The second kappa shape index (κ2) is 6.63. The molecule has 152 valence electrons. The molecule has 3 amide bonds. The predicted molar refractivity (Wildman–Crippen MR) is 112 cm³/mol. The molecule has 0 bridgehead atoms. The smallest absolute Gasteiger partial charge is 0.319 e. The Morgan fingerprint density at radius 2 is 2.07 bits per heavy atom. The van der Waals surface area contributed by atoms with Gasteiger partial charge in [-0.1, -0.05) is 24.3 Å². The Bertz CT molecular complexity index is 1200. The predicted octanol–water partition coefficient (Wildman–Crippen LogP) is 3.13. The maximum absolute atomic E-state index is 13.3. The number of imide groups is 1. The molecule has 1 spiro atoms. The Balaban J connectivity index is 1.44. The highest BCUT2D eigenvalue weighted by molar-refractivity contribution is 7.12. The number of carbonyl (C=O) groups is 3. The zero-order valence-corrected chi connectivity index (χ0v) is 17.5.